The quantitative estimate of drug-likeness (QED) is 0.825. The number of ether oxygens (including phenoxy) is 2. The lowest BCUT2D eigenvalue weighted by atomic mass is 10.0. The van der Waals surface area contributed by atoms with Crippen LogP contribution < -0.4 is 15.2 Å². The van der Waals surface area contributed by atoms with E-state index in [4.69, 9.17) is 15.2 Å². The summed E-state index contributed by atoms with van der Waals surface area (Å²) in [6, 6.07) is 0.958. The molecule has 0 amide bonds. The Bertz CT molecular complexity index is 421. The normalized spacial score (nSPS) is 16.4. The average molecular weight is 241 g/mol. The summed E-state index contributed by atoms with van der Waals surface area (Å²) in [5.74, 6) is -0.344. The number of aromatic hydroxyl groups is 1. The molecule has 1 aliphatic rings. The summed E-state index contributed by atoms with van der Waals surface area (Å²) in [7, 11) is 0. The van der Waals surface area contributed by atoms with Crippen molar-refractivity contribution in [1.82, 2.24) is 0 Å². The Morgan fingerprint density at radius 2 is 2.18 bits per heavy atom. The van der Waals surface area contributed by atoms with Gasteiger partial charge in [-0.25, -0.2) is 4.39 Å². The van der Waals surface area contributed by atoms with E-state index in [1.165, 1.54) is 0 Å². The maximum atomic E-state index is 13.5. The van der Waals surface area contributed by atoms with E-state index in [-0.39, 0.29) is 6.04 Å². The van der Waals surface area contributed by atoms with Crippen LogP contribution in [0.2, 0.25) is 0 Å². The monoisotopic (exact) mass is 241 g/mol. The third-order valence-corrected chi connectivity index (χ3v) is 2.59. The van der Waals surface area contributed by atoms with Gasteiger partial charge in [-0.05, 0) is 13.3 Å². The Hall–Kier alpha value is -1.49. The van der Waals surface area contributed by atoms with Crippen molar-refractivity contribution < 1.29 is 19.0 Å². The first-order valence-electron chi connectivity index (χ1n) is 5.65. The molecular weight excluding hydrogens is 225 g/mol. The minimum absolute atomic E-state index is 0.196. The second kappa shape index (κ2) is 4.79. The van der Waals surface area contributed by atoms with Gasteiger partial charge in [0.1, 0.15) is 0 Å². The van der Waals surface area contributed by atoms with Crippen molar-refractivity contribution in [3.05, 3.63) is 17.4 Å². The molecule has 5 heteroatoms. The highest BCUT2D eigenvalue weighted by molar-refractivity contribution is 5.54. The zero-order chi connectivity index (χ0) is 12.4. The Morgan fingerprint density at radius 3 is 2.88 bits per heavy atom. The van der Waals surface area contributed by atoms with Crippen LogP contribution in [0.25, 0.3) is 0 Å². The van der Waals surface area contributed by atoms with Crippen LogP contribution in [0.5, 0.6) is 17.2 Å². The SMILES string of the molecule is CC(N)Cc1c(O)c(F)cc2c1OCCCO2. The summed E-state index contributed by atoms with van der Waals surface area (Å²) in [5.41, 5.74) is 6.07. The van der Waals surface area contributed by atoms with Crippen LogP contribution >= 0.6 is 0 Å². The van der Waals surface area contributed by atoms with Crippen molar-refractivity contribution in [2.24, 2.45) is 5.73 Å². The van der Waals surface area contributed by atoms with Gasteiger partial charge < -0.3 is 20.3 Å². The first-order chi connectivity index (χ1) is 8.09. The number of rotatable bonds is 2. The maximum Gasteiger partial charge on any atom is 0.169 e. The highest BCUT2D eigenvalue weighted by atomic mass is 19.1. The van der Waals surface area contributed by atoms with E-state index in [1.54, 1.807) is 6.92 Å². The van der Waals surface area contributed by atoms with Gasteiger partial charge in [0.05, 0.1) is 13.2 Å². The predicted molar refractivity (Wildman–Crippen MR) is 61.0 cm³/mol. The van der Waals surface area contributed by atoms with Crippen molar-refractivity contribution in [1.29, 1.82) is 0 Å². The Kier molecular flexibility index (Phi) is 3.38. The first-order valence-corrected chi connectivity index (χ1v) is 5.65. The molecule has 3 N–H and O–H groups in total. The fraction of sp³-hybridized carbons (Fsp3) is 0.500. The zero-order valence-electron chi connectivity index (χ0n) is 9.70. The standard InChI is InChI=1S/C12H16FNO3/c1-7(14)5-8-11(15)9(13)6-10-12(8)17-4-2-3-16-10/h6-7,15H,2-5,14H2,1H3. The summed E-state index contributed by atoms with van der Waals surface area (Å²) >= 11 is 0. The van der Waals surface area contributed by atoms with Gasteiger partial charge in [0, 0.05) is 24.1 Å². The van der Waals surface area contributed by atoms with Gasteiger partial charge in [-0.3, -0.25) is 0 Å². The Labute approximate surface area is 99.1 Å². The molecule has 1 aliphatic heterocycles. The molecule has 1 atom stereocenters. The van der Waals surface area contributed by atoms with Crippen LogP contribution in [-0.2, 0) is 6.42 Å². The Balaban J connectivity index is 2.49. The van der Waals surface area contributed by atoms with Crippen molar-refractivity contribution in [2.75, 3.05) is 13.2 Å². The second-order valence-corrected chi connectivity index (χ2v) is 4.24. The number of fused-ring (bicyclic) bond motifs is 1. The minimum atomic E-state index is -0.704. The van der Waals surface area contributed by atoms with E-state index in [0.29, 0.717) is 36.7 Å². The number of hydrogen-bond acceptors (Lipinski definition) is 4. The van der Waals surface area contributed by atoms with Gasteiger partial charge in [-0.1, -0.05) is 0 Å². The van der Waals surface area contributed by atoms with Gasteiger partial charge in [0.15, 0.2) is 23.1 Å². The maximum absolute atomic E-state index is 13.5. The number of benzene rings is 1. The molecule has 1 unspecified atom stereocenters. The van der Waals surface area contributed by atoms with Crippen molar-refractivity contribution in [3.63, 3.8) is 0 Å². The van der Waals surface area contributed by atoms with Gasteiger partial charge in [-0.15, -0.1) is 0 Å². The summed E-state index contributed by atoms with van der Waals surface area (Å²) in [4.78, 5) is 0. The molecule has 1 heterocycles. The highest BCUT2D eigenvalue weighted by Gasteiger charge is 2.22. The molecule has 4 nitrogen and oxygen atoms in total. The molecule has 0 aliphatic carbocycles. The molecule has 0 saturated heterocycles. The molecule has 1 aromatic rings. The molecule has 1 aromatic carbocycles. The summed E-state index contributed by atoms with van der Waals surface area (Å²) in [6.07, 6.45) is 1.07. The third-order valence-electron chi connectivity index (χ3n) is 2.59. The van der Waals surface area contributed by atoms with Crippen LogP contribution in [0, 0.1) is 5.82 Å². The van der Waals surface area contributed by atoms with E-state index in [0.717, 1.165) is 12.5 Å². The molecule has 0 aromatic heterocycles. The molecule has 0 spiro atoms. The van der Waals surface area contributed by atoms with Crippen LogP contribution in [0.4, 0.5) is 4.39 Å². The fourth-order valence-corrected chi connectivity index (χ4v) is 1.84. The molecule has 0 radical (unpaired) electrons. The average Bonchev–Trinajstić information content (AvgIpc) is 2.49. The smallest absolute Gasteiger partial charge is 0.169 e. The van der Waals surface area contributed by atoms with Crippen LogP contribution in [-0.4, -0.2) is 24.4 Å². The molecular formula is C12H16FNO3. The lowest BCUT2D eigenvalue weighted by Gasteiger charge is -2.16. The van der Waals surface area contributed by atoms with Crippen molar-refractivity contribution >= 4 is 0 Å². The summed E-state index contributed by atoms with van der Waals surface area (Å²) < 4.78 is 24.4. The van der Waals surface area contributed by atoms with Gasteiger partial charge in [-0.2, -0.15) is 0 Å². The molecule has 17 heavy (non-hydrogen) atoms. The van der Waals surface area contributed by atoms with E-state index in [9.17, 15) is 9.50 Å². The number of phenols is 1. The van der Waals surface area contributed by atoms with Crippen LogP contribution in [0.15, 0.2) is 6.07 Å². The van der Waals surface area contributed by atoms with Gasteiger partial charge >= 0.3 is 0 Å². The summed E-state index contributed by atoms with van der Waals surface area (Å²) in [6.45, 7) is 2.76. The number of phenolic OH excluding ortho intramolecular Hbond substituents is 1. The van der Waals surface area contributed by atoms with E-state index in [2.05, 4.69) is 0 Å². The van der Waals surface area contributed by atoms with Crippen LogP contribution in [0.3, 0.4) is 0 Å². The van der Waals surface area contributed by atoms with Crippen LogP contribution in [0.1, 0.15) is 18.9 Å². The molecule has 94 valence electrons. The second-order valence-electron chi connectivity index (χ2n) is 4.24. The largest absolute Gasteiger partial charge is 0.505 e. The van der Waals surface area contributed by atoms with E-state index >= 15 is 0 Å². The van der Waals surface area contributed by atoms with E-state index < -0.39 is 11.6 Å². The molecule has 0 fully saturated rings. The highest BCUT2D eigenvalue weighted by Crippen LogP contribution is 2.40. The lowest BCUT2D eigenvalue weighted by Crippen LogP contribution is -2.18. The predicted octanol–water partition coefficient (Wildman–Crippen LogP) is 1.58. The van der Waals surface area contributed by atoms with Crippen molar-refractivity contribution in [3.8, 4) is 17.2 Å². The molecule has 2 rings (SSSR count). The topological polar surface area (TPSA) is 64.7 Å². The van der Waals surface area contributed by atoms with Gasteiger partial charge in [0.2, 0.25) is 0 Å². The number of nitrogens with two attached hydrogens (primary N) is 1. The minimum Gasteiger partial charge on any atom is -0.505 e. The van der Waals surface area contributed by atoms with Crippen molar-refractivity contribution in [2.45, 2.75) is 25.8 Å². The lowest BCUT2D eigenvalue weighted by molar-refractivity contribution is 0.295. The van der Waals surface area contributed by atoms with Gasteiger partial charge in [0.25, 0.3) is 0 Å². The van der Waals surface area contributed by atoms with E-state index in [1.807, 2.05) is 0 Å². The number of hydrogen-bond donors (Lipinski definition) is 2. The third kappa shape index (κ3) is 2.44. The molecule has 0 bridgehead atoms. The molecule has 0 saturated carbocycles. The first kappa shape index (κ1) is 12.0. The zero-order valence-corrected chi connectivity index (χ0v) is 9.70. The number of halogens is 1. The Morgan fingerprint density at radius 1 is 1.47 bits per heavy atom. The summed E-state index contributed by atoms with van der Waals surface area (Å²) in [5, 5.41) is 9.73. The fourth-order valence-electron chi connectivity index (χ4n) is 1.84.